The summed E-state index contributed by atoms with van der Waals surface area (Å²) < 4.78 is 11.7. The van der Waals surface area contributed by atoms with E-state index >= 15 is 0 Å². The summed E-state index contributed by atoms with van der Waals surface area (Å²) in [5.74, 6) is -0.430. The topological polar surface area (TPSA) is 103 Å². The number of nitrogens with zero attached hydrogens (tertiary/aromatic N) is 2. The second-order valence-corrected chi connectivity index (χ2v) is 7.91. The quantitative estimate of drug-likeness (QED) is 0.541. The van der Waals surface area contributed by atoms with Gasteiger partial charge in [0.1, 0.15) is 17.6 Å². The van der Waals surface area contributed by atoms with E-state index in [0.29, 0.717) is 17.0 Å². The van der Waals surface area contributed by atoms with Crippen LogP contribution in [0.15, 0.2) is 39.8 Å². The second-order valence-electron chi connectivity index (χ2n) is 7.91. The lowest BCUT2D eigenvalue weighted by Gasteiger charge is -2.14. The van der Waals surface area contributed by atoms with Gasteiger partial charge in [-0.15, -0.1) is 0 Å². The molecule has 3 rings (SSSR count). The Balaban J connectivity index is 1.54. The van der Waals surface area contributed by atoms with Crippen molar-refractivity contribution >= 4 is 33.9 Å². The molecule has 1 atom stereocenters. The van der Waals surface area contributed by atoms with Crippen molar-refractivity contribution in [3.8, 4) is 0 Å². The molecular formula is C22H27N3O5. The first-order valence-electron chi connectivity index (χ1n) is 10.2. The third-order valence-electron chi connectivity index (χ3n) is 4.84. The van der Waals surface area contributed by atoms with Gasteiger partial charge in [0, 0.05) is 11.4 Å². The zero-order valence-corrected chi connectivity index (χ0v) is 17.5. The number of hydrogen-bond donors (Lipinski definition) is 1. The van der Waals surface area contributed by atoms with Crippen molar-refractivity contribution in [1.29, 1.82) is 0 Å². The van der Waals surface area contributed by atoms with Crippen molar-refractivity contribution in [2.24, 2.45) is 5.92 Å². The van der Waals surface area contributed by atoms with Gasteiger partial charge in [0.05, 0.1) is 6.33 Å². The predicted octanol–water partition coefficient (Wildman–Crippen LogP) is 3.02. The highest BCUT2D eigenvalue weighted by atomic mass is 16.5. The highest BCUT2D eigenvalue weighted by Crippen LogP contribution is 2.23. The largest absolute Gasteiger partial charge is 0.454 e. The van der Waals surface area contributed by atoms with Gasteiger partial charge < -0.3 is 14.5 Å². The second kappa shape index (κ2) is 9.56. The fraction of sp³-hybridized carbons (Fsp3) is 0.455. The van der Waals surface area contributed by atoms with E-state index in [9.17, 15) is 14.4 Å². The van der Waals surface area contributed by atoms with Gasteiger partial charge in [-0.05, 0) is 31.4 Å². The molecule has 1 unspecified atom stereocenters. The lowest BCUT2D eigenvalue weighted by atomic mass is 10.0. The number of carbonyl (C=O) groups excluding carboxylic acids is 2. The molecule has 160 valence electrons. The molecule has 30 heavy (non-hydrogen) atoms. The Hall–Kier alpha value is -3.16. The van der Waals surface area contributed by atoms with Gasteiger partial charge in [-0.1, -0.05) is 38.8 Å². The maximum Gasteiger partial charge on any atom is 0.326 e. The molecule has 0 aliphatic heterocycles. The van der Waals surface area contributed by atoms with Gasteiger partial charge in [0.15, 0.2) is 6.61 Å². The summed E-state index contributed by atoms with van der Waals surface area (Å²) in [4.78, 5) is 40.9. The molecule has 2 heterocycles. The predicted molar refractivity (Wildman–Crippen MR) is 113 cm³/mol. The standard InChI is InChI=1S/C22H27N3O5/c1-14(2)7-6-8-15(3)24-18(26)12-29-19(27)11-25-13-23-20-16-9-4-5-10-17(16)30-21(20)22(25)28/h4-5,9-10,13-15H,6-8,11-12H2,1-3H3,(H,24,26). The SMILES string of the molecule is CC(C)CCCC(C)NC(=O)COC(=O)Cn1cnc2c(oc3ccccc32)c1=O. The van der Waals surface area contributed by atoms with Gasteiger partial charge in [-0.25, -0.2) is 4.98 Å². The smallest absolute Gasteiger partial charge is 0.326 e. The van der Waals surface area contributed by atoms with E-state index in [1.54, 1.807) is 12.1 Å². The zero-order valence-electron chi connectivity index (χ0n) is 17.5. The van der Waals surface area contributed by atoms with E-state index in [4.69, 9.17) is 9.15 Å². The number of benzene rings is 1. The Morgan fingerprint density at radius 1 is 1.20 bits per heavy atom. The van der Waals surface area contributed by atoms with E-state index in [1.807, 2.05) is 19.1 Å². The van der Waals surface area contributed by atoms with Crippen LogP contribution in [0.1, 0.15) is 40.0 Å². The van der Waals surface area contributed by atoms with Crippen LogP contribution in [0.2, 0.25) is 0 Å². The number of rotatable bonds is 9. The average Bonchev–Trinajstić information content (AvgIpc) is 3.08. The van der Waals surface area contributed by atoms with Crippen molar-refractivity contribution < 1.29 is 18.7 Å². The van der Waals surface area contributed by atoms with Crippen LogP contribution in [-0.4, -0.2) is 34.1 Å². The van der Waals surface area contributed by atoms with Crippen LogP contribution in [0.3, 0.4) is 0 Å². The van der Waals surface area contributed by atoms with Crippen LogP contribution in [-0.2, 0) is 20.9 Å². The van der Waals surface area contributed by atoms with Crippen molar-refractivity contribution in [3.05, 3.63) is 40.9 Å². The number of carbonyl (C=O) groups is 2. The summed E-state index contributed by atoms with van der Waals surface area (Å²) in [6.07, 6.45) is 4.29. The first-order chi connectivity index (χ1) is 14.3. The Labute approximate surface area is 174 Å². The van der Waals surface area contributed by atoms with Gasteiger partial charge in [0.25, 0.3) is 11.5 Å². The van der Waals surface area contributed by atoms with Crippen LogP contribution in [0, 0.1) is 5.92 Å². The molecule has 8 heteroatoms. The molecule has 3 aromatic rings. The number of hydrogen-bond acceptors (Lipinski definition) is 6. The van der Waals surface area contributed by atoms with Crippen LogP contribution >= 0.6 is 0 Å². The Morgan fingerprint density at radius 2 is 1.97 bits per heavy atom. The molecule has 2 aromatic heterocycles. The summed E-state index contributed by atoms with van der Waals surface area (Å²) in [7, 11) is 0. The number of aromatic nitrogens is 2. The van der Waals surface area contributed by atoms with Crippen molar-refractivity contribution in [2.75, 3.05) is 6.61 Å². The number of nitrogens with one attached hydrogen (secondary N) is 1. The summed E-state index contributed by atoms with van der Waals surface area (Å²) in [5, 5.41) is 3.55. The number of furan rings is 1. The molecule has 0 bridgehead atoms. The number of amides is 1. The minimum atomic E-state index is -0.697. The van der Waals surface area contributed by atoms with Gasteiger partial charge in [0.2, 0.25) is 5.58 Å². The maximum absolute atomic E-state index is 12.6. The molecule has 1 N–H and O–H groups in total. The van der Waals surface area contributed by atoms with Gasteiger partial charge in [-0.2, -0.15) is 0 Å². The van der Waals surface area contributed by atoms with E-state index in [-0.39, 0.29) is 30.7 Å². The molecule has 0 saturated carbocycles. The maximum atomic E-state index is 12.6. The number of esters is 1. The minimum absolute atomic E-state index is 0.0114. The van der Waals surface area contributed by atoms with Crippen LogP contribution in [0.4, 0.5) is 0 Å². The van der Waals surface area contributed by atoms with Gasteiger partial charge in [-0.3, -0.25) is 19.0 Å². The number of ether oxygens (including phenoxy) is 1. The highest BCUT2D eigenvalue weighted by Gasteiger charge is 2.16. The summed E-state index contributed by atoms with van der Waals surface area (Å²) >= 11 is 0. The monoisotopic (exact) mass is 413 g/mol. The molecule has 1 aromatic carbocycles. The van der Waals surface area contributed by atoms with E-state index in [1.165, 1.54) is 6.33 Å². The summed E-state index contributed by atoms with van der Waals surface area (Å²) in [6.45, 7) is 5.51. The van der Waals surface area contributed by atoms with Crippen LogP contribution in [0.25, 0.3) is 22.1 Å². The third kappa shape index (κ3) is 5.25. The highest BCUT2D eigenvalue weighted by molar-refractivity contribution is 6.01. The number of para-hydroxylation sites is 1. The fourth-order valence-electron chi connectivity index (χ4n) is 3.28. The van der Waals surface area contributed by atoms with Crippen LogP contribution < -0.4 is 10.9 Å². The van der Waals surface area contributed by atoms with E-state index < -0.39 is 11.5 Å². The normalized spacial score (nSPS) is 12.4. The summed E-state index contributed by atoms with van der Waals surface area (Å²) in [6, 6.07) is 7.21. The molecule has 1 amide bonds. The molecule has 0 radical (unpaired) electrons. The minimum Gasteiger partial charge on any atom is -0.454 e. The molecule has 0 saturated heterocycles. The Morgan fingerprint density at radius 3 is 2.73 bits per heavy atom. The zero-order chi connectivity index (χ0) is 21.7. The molecule has 0 aliphatic carbocycles. The lowest BCUT2D eigenvalue weighted by molar-refractivity contribution is -0.149. The lowest BCUT2D eigenvalue weighted by Crippen LogP contribution is -2.36. The number of fused-ring (bicyclic) bond motifs is 3. The van der Waals surface area contributed by atoms with E-state index in [0.717, 1.165) is 29.2 Å². The molecule has 0 spiro atoms. The van der Waals surface area contributed by atoms with Crippen LogP contribution in [0.5, 0.6) is 0 Å². The fourth-order valence-corrected chi connectivity index (χ4v) is 3.28. The summed E-state index contributed by atoms with van der Waals surface area (Å²) in [5.41, 5.74) is 0.610. The molecular weight excluding hydrogens is 386 g/mol. The molecule has 0 aliphatic rings. The van der Waals surface area contributed by atoms with Crippen molar-refractivity contribution in [2.45, 2.75) is 52.6 Å². The Bertz CT molecular complexity index is 1100. The first kappa shape index (κ1) is 21.5. The van der Waals surface area contributed by atoms with E-state index in [2.05, 4.69) is 24.1 Å². The Kier molecular flexibility index (Phi) is 6.87. The average molecular weight is 413 g/mol. The molecule has 0 fully saturated rings. The van der Waals surface area contributed by atoms with Gasteiger partial charge >= 0.3 is 5.97 Å². The third-order valence-corrected chi connectivity index (χ3v) is 4.84. The van der Waals surface area contributed by atoms with Crippen molar-refractivity contribution in [1.82, 2.24) is 14.9 Å². The van der Waals surface area contributed by atoms with Crippen molar-refractivity contribution in [3.63, 3.8) is 0 Å². The first-order valence-corrected chi connectivity index (χ1v) is 10.2. The molecule has 8 nitrogen and oxygen atoms in total.